The Balaban J connectivity index is 3.26. The number of aliphatic hydroxyl groups excluding tert-OH is 2. The molecule has 1 aliphatic rings. The van der Waals surface area contributed by atoms with Gasteiger partial charge in [-0.05, 0) is 28.1 Å². The molecule has 1 aliphatic carbocycles. The zero-order valence-corrected chi connectivity index (χ0v) is 11.3. The summed E-state index contributed by atoms with van der Waals surface area (Å²) in [6, 6.07) is 0. The van der Waals surface area contributed by atoms with Crippen molar-refractivity contribution in [1.29, 1.82) is 0 Å². The monoisotopic (exact) mass is 224 g/mol. The van der Waals surface area contributed by atoms with E-state index in [0.717, 1.165) is 11.1 Å². The fourth-order valence-electron chi connectivity index (χ4n) is 2.07. The van der Waals surface area contributed by atoms with E-state index in [2.05, 4.69) is 20.8 Å². The fourth-order valence-corrected chi connectivity index (χ4v) is 2.07. The maximum atomic E-state index is 10.3. The molecule has 0 aromatic heterocycles. The third-order valence-electron chi connectivity index (χ3n) is 3.03. The Kier molecular flexibility index (Phi) is 3.26. The van der Waals surface area contributed by atoms with Gasteiger partial charge in [0.05, 0.1) is 6.10 Å². The lowest BCUT2D eigenvalue weighted by Crippen LogP contribution is -2.26. The van der Waals surface area contributed by atoms with Gasteiger partial charge >= 0.3 is 0 Å². The van der Waals surface area contributed by atoms with Crippen LogP contribution in [0.2, 0.25) is 0 Å². The first-order chi connectivity index (χ1) is 7.03. The van der Waals surface area contributed by atoms with Gasteiger partial charge in [0.15, 0.2) is 0 Å². The Bertz CT molecular complexity index is 335. The van der Waals surface area contributed by atoms with Crippen LogP contribution in [0.25, 0.3) is 0 Å². The van der Waals surface area contributed by atoms with E-state index in [1.807, 2.05) is 20.8 Å². The van der Waals surface area contributed by atoms with Crippen molar-refractivity contribution in [3.63, 3.8) is 0 Å². The summed E-state index contributed by atoms with van der Waals surface area (Å²) in [6.45, 7) is 12.3. The Morgan fingerprint density at radius 1 is 1.06 bits per heavy atom. The summed E-state index contributed by atoms with van der Waals surface area (Å²) in [4.78, 5) is 0. The van der Waals surface area contributed by atoms with Crippen LogP contribution >= 0.6 is 0 Å². The van der Waals surface area contributed by atoms with Crippen molar-refractivity contribution in [2.45, 2.75) is 54.1 Å². The van der Waals surface area contributed by atoms with Crippen LogP contribution in [0.3, 0.4) is 0 Å². The van der Waals surface area contributed by atoms with Crippen molar-refractivity contribution < 1.29 is 10.2 Å². The summed E-state index contributed by atoms with van der Waals surface area (Å²) >= 11 is 0. The molecule has 0 spiro atoms. The molecule has 0 aromatic carbocycles. The molecule has 0 radical (unpaired) electrons. The van der Waals surface area contributed by atoms with E-state index in [9.17, 15) is 10.2 Å². The minimum Gasteiger partial charge on any atom is -0.508 e. The molecule has 1 rings (SSSR count). The van der Waals surface area contributed by atoms with E-state index in [1.54, 1.807) is 6.08 Å². The topological polar surface area (TPSA) is 40.5 Å². The van der Waals surface area contributed by atoms with Crippen LogP contribution in [0.5, 0.6) is 0 Å². The van der Waals surface area contributed by atoms with Crippen molar-refractivity contribution in [3.8, 4) is 0 Å². The summed E-state index contributed by atoms with van der Waals surface area (Å²) in [7, 11) is 0. The molecular weight excluding hydrogens is 200 g/mol. The molecule has 1 unspecified atom stereocenters. The molecule has 1 atom stereocenters. The summed E-state index contributed by atoms with van der Waals surface area (Å²) in [5.74, 6) is 0.380. The van der Waals surface area contributed by atoms with Gasteiger partial charge in [-0.15, -0.1) is 0 Å². The van der Waals surface area contributed by atoms with Crippen LogP contribution in [-0.2, 0) is 0 Å². The van der Waals surface area contributed by atoms with Crippen molar-refractivity contribution in [3.05, 3.63) is 23.0 Å². The minimum atomic E-state index is -0.473. The van der Waals surface area contributed by atoms with E-state index in [0.29, 0.717) is 12.2 Å². The molecule has 0 aromatic rings. The van der Waals surface area contributed by atoms with Gasteiger partial charge < -0.3 is 10.2 Å². The van der Waals surface area contributed by atoms with E-state index in [-0.39, 0.29) is 10.8 Å². The highest BCUT2D eigenvalue weighted by Crippen LogP contribution is 2.41. The number of hydrogen-bond acceptors (Lipinski definition) is 2. The summed E-state index contributed by atoms with van der Waals surface area (Å²) < 4.78 is 0. The van der Waals surface area contributed by atoms with Gasteiger partial charge in [-0.3, -0.25) is 0 Å². The molecule has 0 aliphatic heterocycles. The van der Waals surface area contributed by atoms with Gasteiger partial charge in [0.25, 0.3) is 0 Å². The Morgan fingerprint density at radius 3 is 1.94 bits per heavy atom. The van der Waals surface area contributed by atoms with Crippen LogP contribution in [0.15, 0.2) is 23.0 Å². The van der Waals surface area contributed by atoms with Gasteiger partial charge in [0.1, 0.15) is 5.76 Å². The summed E-state index contributed by atoms with van der Waals surface area (Å²) in [5, 5.41) is 20.2. The van der Waals surface area contributed by atoms with Gasteiger partial charge in [-0.1, -0.05) is 41.5 Å². The lowest BCUT2D eigenvalue weighted by molar-refractivity contribution is 0.198. The van der Waals surface area contributed by atoms with Gasteiger partial charge in [0.2, 0.25) is 0 Å². The second-order valence-electron chi connectivity index (χ2n) is 6.68. The molecule has 0 heterocycles. The van der Waals surface area contributed by atoms with Crippen molar-refractivity contribution in [1.82, 2.24) is 0 Å². The van der Waals surface area contributed by atoms with E-state index < -0.39 is 6.10 Å². The number of aliphatic hydroxyl groups is 2. The van der Waals surface area contributed by atoms with Gasteiger partial charge in [-0.2, -0.15) is 0 Å². The Morgan fingerprint density at radius 2 is 1.56 bits per heavy atom. The molecule has 92 valence electrons. The molecule has 2 nitrogen and oxygen atoms in total. The van der Waals surface area contributed by atoms with Crippen molar-refractivity contribution in [2.24, 2.45) is 10.8 Å². The zero-order valence-electron chi connectivity index (χ0n) is 11.3. The number of hydrogen-bond donors (Lipinski definition) is 2. The molecule has 2 N–H and O–H groups in total. The summed E-state index contributed by atoms with van der Waals surface area (Å²) in [6.07, 6.45) is 1.85. The van der Waals surface area contributed by atoms with Crippen LogP contribution < -0.4 is 0 Å². The summed E-state index contributed by atoms with van der Waals surface area (Å²) in [5.41, 5.74) is 1.57. The molecule has 0 bridgehead atoms. The molecule has 0 fully saturated rings. The first kappa shape index (κ1) is 13.3. The zero-order chi connectivity index (χ0) is 12.7. The number of rotatable bonds is 0. The normalized spacial score (nSPS) is 23.4. The van der Waals surface area contributed by atoms with E-state index in [1.165, 1.54) is 0 Å². The average molecular weight is 224 g/mol. The highest BCUT2D eigenvalue weighted by Gasteiger charge is 2.32. The molecule has 0 saturated heterocycles. The maximum absolute atomic E-state index is 10.3. The number of allylic oxidation sites excluding steroid dienone is 1. The fraction of sp³-hybridized carbons (Fsp3) is 0.714. The molecule has 2 heteroatoms. The Hall–Kier alpha value is -0.760. The standard InChI is InChI=1S/C14H24O2/c1-13(2,3)10-7-9(15)8-11(12(10)16)14(4,5)6/h7,9,15-16H,8H2,1-6H3. The third-order valence-corrected chi connectivity index (χ3v) is 3.03. The largest absolute Gasteiger partial charge is 0.508 e. The van der Waals surface area contributed by atoms with Crippen LogP contribution in [0.4, 0.5) is 0 Å². The minimum absolute atomic E-state index is 0.101. The first-order valence-electron chi connectivity index (χ1n) is 5.87. The molecule has 0 amide bonds. The van der Waals surface area contributed by atoms with Crippen LogP contribution in [0, 0.1) is 10.8 Å². The Labute approximate surface area is 98.7 Å². The van der Waals surface area contributed by atoms with Crippen LogP contribution in [0.1, 0.15) is 48.0 Å². The highest BCUT2D eigenvalue weighted by atomic mass is 16.3. The van der Waals surface area contributed by atoms with E-state index in [4.69, 9.17) is 0 Å². The van der Waals surface area contributed by atoms with Crippen LogP contribution in [-0.4, -0.2) is 16.3 Å². The second kappa shape index (κ2) is 3.92. The SMILES string of the molecule is CC(C)(C)C1=CC(O)CC(C(C)(C)C)=C1O. The highest BCUT2D eigenvalue weighted by molar-refractivity contribution is 5.40. The predicted molar refractivity (Wildman–Crippen MR) is 67.3 cm³/mol. The van der Waals surface area contributed by atoms with Crippen molar-refractivity contribution >= 4 is 0 Å². The van der Waals surface area contributed by atoms with Crippen molar-refractivity contribution in [2.75, 3.05) is 0 Å². The molecule has 16 heavy (non-hydrogen) atoms. The quantitative estimate of drug-likeness (QED) is 0.660. The maximum Gasteiger partial charge on any atom is 0.118 e. The van der Waals surface area contributed by atoms with E-state index >= 15 is 0 Å². The second-order valence-corrected chi connectivity index (χ2v) is 6.68. The third kappa shape index (κ3) is 2.67. The lowest BCUT2D eigenvalue weighted by atomic mass is 9.73. The predicted octanol–water partition coefficient (Wildman–Crippen LogP) is 3.58. The average Bonchev–Trinajstić information content (AvgIpc) is 2.04. The molecule has 0 saturated carbocycles. The molecular formula is C14H24O2. The first-order valence-corrected chi connectivity index (χ1v) is 5.87. The van der Waals surface area contributed by atoms with Gasteiger partial charge in [0, 0.05) is 6.42 Å². The smallest absolute Gasteiger partial charge is 0.118 e. The lowest BCUT2D eigenvalue weighted by Gasteiger charge is -2.34. The van der Waals surface area contributed by atoms with Gasteiger partial charge in [-0.25, -0.2) is 0 Å².